The predicted molar refractivity (Wildman–Crippen MR) is 88.3 cm³/mol. The van der Waals surface area contributed by atoms with Crippen LogP contribution in [-0.4, -0.2) is 23.0 Å². The lowest BCUT2D eigenvalue weighted by atomic mass is 10.2. The molecular formula is C17H16N4O3. The number of carbonyl (C=O) groups excluding carboxylic acids is 1. The third-order valence-corrected chi connectivity index (χ3v) is 3.42. The van der Waals surface area contributed by atoms with Crippen LogP contribution >= 0.6 is 0 Å². The molecule has 0 aliphatic rings. The molecule has 24 heavy (non-hydrogen) atoms. The molecule has 3 rings (SSSR count). The minimum absolute atomic E-state index is 0.101. The standard InChI is InChI=1S/C17H16N4O3/c1-23-12-6-4-11(5-7-12)9-20-17(22)13-10-19-16(21-15(13)18)14-3-2-8-24-14/h2-8,10H,9H2,1H3,(H,20,22)(H2,18,19,21). The van der Waals surface area contributed by atoms with E-state index in [0.717, 1.165) is 11.3 Å². The molecule has 0 fully saturated rings. The second kappa shape index (κ2) is 6.82. The van der Waals surface area contributed by atoms with Gasteiger partial charge in [0, 0.05) is 12.7 Å². The molecule has 0 atom stereocenters. The zero-order valence-electron chi connectivity index (χ0n) is 13.0. The summed E-state index contributed by atoms with van der Waals surface area (Å²) in [6.07, 6.45) is 2.91. The third kappa shape index (κ3) is 3.35. The van der Waals surface area contributed by atoms with Gasteiger partial charge in [-0.3, -0.25) is 4.79 Å². The van der Waals surface area contributed by atoms with Crippen molar-refractivity contribution in [1.82, 2.24) is 15.3 Å². The van der Waals surface area contributed by atoms with Gasteiger partial charge in [-0.2, -0.15) is 0 Å². The lowest BCUT2D eigenvalue weighted by molar-refractivity contribution is 0.0951. The zero-order chi connectivity index (χ0) is 16.9. The van der Waals surface area contributed by atoms with Crippen LogP contribution in [0, 0.1) is 0 Å². The Labute approximate surface area is 138 Å². The molecule has 0 aliphatic heterocycles. The highest BCUT2D eigenvalue weighted by molar-refractivity contribution is 5.98. The molecule has 3 N–H and O–H groups in total. The number of methoxy groups -OCH3 is 1. The summed E-state index contributed by atoms with van der Waals surface area (Å²) in [6.45, 7) is 0.363. The number of furan rings is 1. The van der Waals surface area contributed by atoms with E-state index in [1.54, 1.807) is 19.2 Å². The molecule has 122 valence electrons. The van der Waals surface area contributed by atoms with Crippen molar-refractivity contribution >= 4 is 11.7 Å². The number of ether oxygens (including phenoxy) is 1. The maximum Gasteiger partial charge on any atom is 0.256 e. The normalized spacial score (nSPS) is 10.4. The van der Waals surface area contributed by atoms with Gasteiger partial charge >= 0.3 is 0 Å². The number of nitrogens with zero attached hydrogens (tertiary/aromatic N) is 2. The van der Waals surface area contributed by atoms with E-state index in [-0.39, 0.29) is 17.3 Å². The molecule has 1 amide bonds. The SMILES string of the molecule is COc1ccc(CNC(=O)c2cnc(-c3ccco3)nc2N)cc1. The first kappa shape index (κ1) is 15.5. The minimum atomic E-state index is -0.339. The van der Waals surface area contributed by atoms with Crippen molar-refractivity contribution < 1.29 is 13.9 Å². The smallest absolute Gasteiger partial charge is 0.256 e. The number of amides is 1. The molecule has 0 bridgehead atoms. The van der Waals surface area contributed by atoms with Crippen molar-refractivity contribution in [2.45, 2.75) is 6.54 Å². The first-order chi connectivity index (χ1) is 11.7. The average Bonchev–Trinajstić information content (AvgIpc) is 3.14. The highest BCUT2D eigenvalue weighted by Gasteiger charge is 2.14. The van der Waals surface area contributed by atoms with Crippen LogP contribution in [0.4, 0.5) is 5.82 Å². The van der Waals surface area contributed by atoms with Gasteiger partial charge in [0.25, 0.3) is 5.91 Å². The van der Waals surface area contributed by atoms with Crippen molar-refractivity contribution in [3.63, 3.8) is 0 Å². The Hall–Kier alpha value is -3.35. The molecule has 2 aromatic heterocycles. The summed E-state index contributed by atoms with van der Waals surface area (Å²) in [7, 11) is 1.60. The number of nitrogens with one attached hydrogen (secondary N) is 1. The number of rotatable bonds is 5. The molecule has 0 spiro atoms. The van der Waals surface area contributed by atoms with E-state index in [1.807, 2.05) is 24.3 Å². The molecule has 7 heteroatoms. The van der Waals surface area contributed by atoms with Crippen LogP contribution in [0.1, 0.15) is 15.9 Å². The molecule has 0 saturated heterocycles. The lowest BCUT2D eigenvalue weighted by Gasteiger charge is -2.08. The van der Waals surface area contributed by atoms with Crippen LogP contribution in [0.2, 0.25) is 0 Å². The second-order valence-corrected chi connectivity index (χ2v) is 5.00. The molecule has 7 nitrogen and oxygen atoms in total. The fourth-order valence-corrected chi connectivity index (χ4v) is 2.12. The van der Waals surface area contributed by atoms with E-state index in [4.69, 9.17) is 14.9 Å². The van der Waals surface area contributed by atoms with E-state index in [0.29, 0.717) is 18.1 Å². The Morgan fingerprint density at radius 2 is 2.08 bits per heavy atom. The number of benzene rings is 1. The van der Waals surface area contributed by atoms with Crippen LogP contribution in [0.25, 0.3) is 11.6 Å². The number of nitrogens with two attached hydrogens (primary N) is 1. The Kier molecular flexibility index (Phi) is 4.42. The first-order valence-electron chi connectivity index (χ1n) is 7.25. The van der Waals surface area contributed by atoms with Gasteiger partial charge in [0.1, 0.15) is 11.6 Å². The van der Waals surface area contributed by atoms with Gasteiger partial charge in [-0.05, 0) is 29.8 Å². The number of anilines is 1. The summed E-state index contributed by atoms with van der Waals surface area (Å²) >= 11 is 0. The Bertz CT molecular complexity index is 830. The van der Waals surface area contributed by atoms with Crippen LogP contribution in [0.3, 0.4) is 0 Å². The van der Waals surface area contributed by atoms with E-state index >= 15 is 0 Å². The van der Waals surface area contributed by atoms with Gasteiger partial charge in [0.05, 0.1) is 18.9 Å². The maximum absolute atomic E-state index is 12.2. The monoisotopic (exact) mass is 324 g/mol. The summed E-state index contributed by atoms with van der Waals surface area (Å²) < 4.78 is 10.3. The van der Waals surface area contributed by atoms with E-state index in [2.05, 4.69) is 15.3 Å². The summed E-state index contributed by atoms with van der Waals surface area (Å²) in [5.74, 6) is 1.35. The van der Waals surface area contributed by atoms with Crippen molar-refractivity contribution in [2.75, 3.05) is 12.8 Å². The van der Waals surface area contributed by atoms with Crippen molar-refractivity contribution in [1.29, 1.82) is 0 Å². The predicted octanol–water partition coefficient (Wildman–Crippen LogP) is 2.26. The Morgan fingerprint density at radius 3 is 2.71 bits per heavy atom. The summed E-state index contributed by atoms with van der Waals surface area (Å²) in [5, 5.41) is 2.78. The van der Waals surface area contributed by atoms with Crippen LogP contribution in [0.5, 0.6) is 5.75 Å². The zero-order valence-corrected chi connectivity index (χ0v) is 13.0. The van der Waals surface area contributed by atoms with E-state index < -0.39 is 0 Å². The van der Waals surface area contributed by atoms with Crippen LogP contribution < -0.4 is 15.8 Å². The fraction of sp³-hybridized carbons (Fsp3) is 0.118. The Morgan fingerprint density at radius 1 is 1.29 bits per heavy atom. The fourth-order valence-electron chi connectivity index (χ4n) is 2.12. The highest BCUT2D eigenvalue weighted by Crippen LogP contribution is 2.18. The Balaban J connectivity index is 1.68. The van der Waals surface area contributed by atoms with Crippen LogP contribution in [0.15, 0.2) is 53.3 Å². The van der Waals surface area contributed by atoms with Gasteiger partial charge in [-0.15, -0.1) is 0 Å². The maximum atomic E-state index is 12.2. The number of carbonyl (C=O) groups is 1. The summed E-state index contributed by atoms with van der Waals surface area (Å²) in [6, 6.07) is 10.9. The van der Waals surface area contributed by atoms with Crippen molar-refractivity contribution in [2.24, 2.45) is 0 Å². The topological polar surface area (TPSA) is 103 Å². The average molecular weight is 324 g/mol. The molecule has 2 heterocycles. The minimum Gasteiger partial charge on any atom is -0.497 e. The number of aromatic nitrogens is 2. The van der Waals surface area contributed by atoms with Gasteiger partial charge in [0.15, 0.2) is 11.6 Å². The van der Waals surface area contributed by atoms with E-state index in [9.17, 15) is 4.79 Å². The van der Waals surface area contributed by atoms with Crippen LogP contribution in [-0.2, 0) is 6.54 Å². The molecule has 1 aromatic carbocycles. The number of hydrogen-bond donors (Lipinski definition) is 2. The number of hydrogen-bond acceptors (Lipinski definition) is 6. The van der Waals surface area contributed by atoms with Gasteiger partial charge < -0.3 is 20.2 Å². The quantitative estimate of drug-likeness (QED) is 0.746. The van der Waals surface area contributed by atoms with Gasteiger partial charge in [0.2, 0.25) is 0 Å². The molecule has 0 radical (unpaired) electrons. The summed E-state index contributed by atoms with van der Waals surface area (Å²) in [5.41, 5.74) is 7.03. The molecule has 0 unspecified atom stereocenters. The second-order valence-electron chi connectivity index (χ2n) is 5.00. The third-order valence-electron chi connectivity index (χ3n) is 3.42. The molecule has 0 aliphatic carbocycles. The van der Waals surface area contributed by atoms with Gasteiger partial charge in [-0.25, -0.2) is 9.97 Å². The molecular weight excluding hydrogens is 308 g/mol. The van der Waals surface area contributed by atoms with Gasteiger partial charge in [-0.1, -0.05) is 12.1 Å². The van der Waals surface area contributed by atoms with E-state index in [1.165, 1.54) is 12.5 Å². The summed E-state index contributed by atoms with van der Waals surface area (Å²) in [4.78, 5) is 20.5. The van der Waals surface area contributed by atoms with Crippen molar-refractivity contribution in [3.8, 4) is 17.3 Å². The molecule has 0 saturated carbocycles. The number of nitrogen functional groups attached to an aromatic ring is 1. The van der Waals surface area contributed by atoms with Crippen molar-refractivity contribution in [3.05, 3.63) is 60.0 Å². The lowest BCUT2D eigenvalue weighted by Crippen LogP contribution is -2.24. The molecule has 3 aromatic rings. The largest absolute Gasteiger partial charge is 0.497 e. The first-order valence-corrected chi connectivity index (χ1v) is 7.25. The highest BCUT2D eigenvalue weighted by atomic mass is 16.5.